The van der Waals surface area contributed by atoms with Crippen LogP contribution in [0.3, 0.4) is 0 Å². The number of hydrogen-bond donors (Lipinski definition) is 2. The molecule has 2 N–H and O–H groups in total. The molecular weight excluding hydrogens is 310 g/mol. The molecule has 1 atom stereocenters. The lowest BCUT2D eigenvalue weighted by Gasteiger charge is -1.97. The Bertz CT molecular complexity index is 781. The smallest absolute Gasteiger partial charge is 0.282 e. The minimum absolute atomic E-state index is 0.0666. The van der Waals surface area contributed by atoms with Crippen molar-refractivity contribution in [2.75, 3.05) is 6.26 Å². The highest BCUT2D eigenvalue weighted by molar-refractivity contribution is 7.91. The van der Waals surface area contributed by atoms with Gasteiger partial charge in [-0.1, -0.05) is 35.9 Å². The second-order valence-corrected chi connectivity index (χ2v) is 8.03. The molecule has 0 aliphatic carbocycles. The number of hydrogen-bond acceptors (Lipinski definition) is 4. The predicted octanol–water partition coefficient (Wildman–Crippen LogP) is 2.96. The Kier molecular flexibility index (Phi) is 5.65. The zero-order valence-electron chi connectivity index (χ0n) is 11.7. The van der Waals surface area contributed by atoms with Crippen LogP contribution in [0.5, 0.6) is 0 Å². The largest absolute Gasteiger partial charge is 0.294 e. The summed E-state index contributed by atoms with van der Waals surface area (Å²) in [6.45, 7) is 1.84. The lowest BCUT2D eigenvalue weighted by molar-refractivity contribution is 0.483. The summed E-state index contributed by atoms with van der Waals surface area (Å²) in [7, 11) is -6.52. The first-order valence-electron chi connectivity index (χ1n) is 5.94. The first kappa shape index (κ1) is 17.4. The normalized spacial score (nSPS) is 13.7. The van der Waals surface area contributed by atoms with Gasteiger partial charge in [0.1, 0.15) is 0 Å². The molecule has 0 heterocycles. The van der Waals surface area contributed by atoms with Crippen molar-refractivity contribution in [1.29, 1.82) is 4.78 Å². The maximum absolute atomic E-state index is 11.1. The third-order valence-electron chi connectivity index (χ3n) is 2.51. The van der Waals surface area contributed by atoms with E-state index in [0.717, 1.165) is 5.56 Å². The van der Waals surface area contributed by atoms with Gasteiger partial charge in [-0.05, 0) is 31.2 Å². The highest BCUT2D eigenvalue weighted by atomic mass is 32.2. The van der Waals surface area contributed by atoms with Crippen LogP contribution in [0.1, 0.15) is 5.56 Å². The van der Waals surface area contributed by atoms with E-state index >= 15 is 0 Å². The number of rotatable bonds is 2. The molecule has 7 heteroatoms. The highest BCUT2D eigenvalue weighted by Gasteiger charge is 2.06. The van der Waals surface area contributed by atoms with E-state index in [-0.39, 0.29) is 4.90 Å². The maximum Gasteiger partial charge on any atom is 0.294 e. The second kappa shape index (κ2) is 6.84. The fourth-order valence-electron chi connectivity index (χ4n) is 1.39. The molecule has 0 aliphatic heterocycles. The third-order valence-corrected chi connectivity index (χ3v) is 4.55. The van der Waals surface area contributed by atoms with E-state index in [1.165, 1.54) is 18.4 Å². The van der Waals surface area contributed by atoms with Gasteiger partial charge in [-0.2, -0.15) is 8.42 Å². The fourth-order valence-corrected chi connectivity index (χ4v) is 2.55. The van der Waals surface area contributed by atoms with Crippen molar-refractivity contribution >= 4 is 19.8 Å². The van der Waals surface area contributed by atoms with E-state index in [0.29, 0.717) is 4.90 Å². The lowest BCUT2D eigenvalue weighted by atomic mass is 10.2. The molecule has 1 unspecified atom stereocenters. The fraction of sp³-hybridized carbons (Fsp3) is 0.143. The standard InChI is InChI=1S/C7H9NOS.C7H8O3S/c1-10(8,9)7-5-3-2-4-6-7;1-6-2-4-7(5-3-6)11(8,9)10/h2-6,8H,1H3;2-5H,1H3,(H,8,9,10). The van der Waals surface area contributed by atoms with E-state index in [2.05, 4.69) is 0 Å². The highest BCUT2D eigenvalue weighted by Crippen LogP contribution is 2.08. The molecule has 5 nitrogen and oxygen atoms in total. The summed E-state index contributed by atoms with van der Waals surface area (Å²) in [6, 6.07) is 14.8. The minimum Gasteiger partial charge on any atom is -0.282 e. The van der Waals surface area contributed by atoms with Crippen LogP contribution < -0.4 is 0 Å². The summed E-state index contributed by atoms with van der Waals surface area (Å²) in [6.07, 6.45) is 1.42. The van der Waals surface area contributed by atoms with Gasteiger partial charge in [-0.3, -0.25) is 4.55 Å². The number of benzene rings is 2. The van der Waals surface area contributed by atoms with Gasteiger partial charge in [0.15, 0.2) is 0 Å². The van der Waals surface area contributed by atoms with Crippen LogP contribution in [0, 0.1) is 11.7 Å². The van der Waals surface area contributed by atoms with E-state index in [1.807, 2.05) is 13.0 Å². The molecule has 21 heavy (non-hydrogen) atoms. The lowest BCUT2D eigenvalue weighted by Crippen LogP contribution is -1.96. The Balaban J connectivity index is 0.000000211. The van der Waals surface area contributed by atoms with Crippen LogP contribution in [0.15, 0.2) is 64.4 Å². The van der Waals surface area contributed by atoms with E-state index < -0.39 is 19.8 Å². The van der Waals surface area contributed by atoms with Crippen molar-refractivity contribution in [1.82, 2.24) is 0 Å². The van der Waals surface area contributed by atoms with E-state index in [9.17, 15) is 12.6 Å². The average molecular weight is 327 g/mol. The molecule has 0 aliphatic rings. The Morgan fingerprint density at radius 1 is 0.857 bits per heavy atom. The van der Waals surface area contributed by atoms with Gasteiger partial charge in [-0.25, -0.2) is 8.99 Å². The summed E-state index contributed by atoms with van der Waals surface area (Å²) in [5.41, 5.74) is 0.956. The summed E-state index contributed by atoms with van der Waals surface area (Å²) in [4.78, 5) is 0.526. The molecule has 0 spiro atoms. The zero-order chi connectivity index (χ0) is 16.1. The van der Waals surface area contributed by atoms with Gasteiger partial charge < -0.3 is 0 Å². The Morgan fingerprint density at radius 2 is 1.33 bits per heavy atom. The van der Waals surface area contributed by atoms with E-state index in [4.69, 9.17) is 9.33 Å². The van der Waals surface area contributed by atoms with E-state index in [1.54, 1.807) is 36.4 Å². The Morgan fingerprint density at radius 3 is 1.67 bits per heavy atom. The van der Waals surface area contributed by atoms with Crippen molar-refractivity contribution < 1.29 is 17.2 Å². The Labute approximate surface area is 125 Å². The number of aryl methyl sites for hydroxylation is 1. The second-order valence-electron chi connectivity index (χ2n) is 4.44. The van der Waals surface area contributed by atoms with Crippen molar-refractivity contribution in [3.05, 3.63) is 60.2 Å². The van der Waals surface area contributed by atoms with Crippen LogP contribution in [0.25, 0.3) is 0 Å². The molecule has 0 radical (unpaired) electrons. The van der Waals surface area contributed by atoms with Gasteiger partial charge >= 0.3 is 0 Å². The SMILES string of the molecule is CS(=N)(=O)c1ccccc1.Cc1ccc(S(=O)(=O)O)cc1. The van der Waals surface area contributed by atoms with Gasteiger partial charge in [0.05, 0.1) is 14.6 Å². The van der Waals surface area contributed by atoms with Gasteiger partial charge in [0.2, 0.25) is 0 Å². The summed E-state index contributed by atoms with van der Waals surface area (Å²) < 4.78 is 47.8. The van der Waals surface area contributed by atoms with Crippen molar-refractivity contribution in [3.63, 3.8) is 0 Å². The van der Waals surface area contributed by atoms with Gasteiger partial charge in [0.25, 0.3) is 10.1 Å². The molecule has 0 amide bonds. The topological polar surface area (TPSA) is 95.3 Å². The summed E-state index contributed by atoms with van der Waals surface area (Å²) in [5.74, 6) is 0. The van der Waals surface area contributed by atoms with Crippen LogP contribution in [-0.4, -0.2) is 23.4 Å². The molecule has 2 aromatic carbocycles. The van der Waals surface area contributed by atoms with Crippen molar-refractivity contribution in [2.45, 2.75) is 16.7 Å². The molecule has 0 bridgehead atoms. The first-order chi connectivity index (χ1) is 9.60. The molecule has 114 valence electrons. The van der Waals surface area contributed by atoms with Gasteiger partial charge in [0, 0.05) is 11.2 Å². The molecule has 2 aromatic rings. The first-order valence-corrected chi connectivity index (χ1v) is 9.34. The van der Waals surface area contributed by atoms with Crippen LogP contribution >= 0.6 is 0 Å². The maximum atomic E-state index is 11.1. The summed E-state index contributed by atoms with van der Waals surface area (Å²) in [5, 5.41) is 0. The third kappa shape index (κ3) is 6.07. The van der Waals surface area contributed by atoms with Crippen LogP contribution in [0.2, 0.25) is 0 Å². The molecule has 2 rings (SSSR count). The molecular formula is C14H17NO4S2. The van der Waals surface area contributed by atoms with Crippen molar-refractivity contribution in [2.24, 2.45) is 0 Å². The average Bonchev–Trinajstić information content (AvgIpc) is 2.39. The molecule has 0 aromatic heterocycles. The molecule has 0 fully saturated rings. The minimum atomic E-state index is -4.02. The molecule has 0 saturated carbocycles. The Hall–Kier alpha value is -1.70. The van der Waals surface area contributed by atoms with Gasteiger partial charge in [-0.15, -0.1) is 0 Å². The summed E-state index contributed by atoms with van der Waals surface area (Å²) >= 11 is 0. The zero-order valence-corrected chi connectivity index (χ0v) is 13.3. The van der Waals surface area contributed by atoms with Crippen LogP contribution in [0.4, 0.5) is 0 Å². The van der Waals surface area contributed by atoms with Crippen LogP contribution in [-0.2, 0) is 19.8 Å². The monoisotopic (exact) mass is 327 g/mol. The quantitative estimate of drug-likeness (QED) is 0.829. The molecule has 0 saturated heterocycles. The van der Waals surface area contributed by atoms with Crippen molar-refractivity contribution in [3.8, 4) is 0 Å². The predicted molar refractivity (Wildman–Crippen MR) is 82.5 cm³/mol. The number of nitrogens with one attached hydrogen (secondary N) is 1.